The Labute approximate surface area is 131 Å². The number of fused-ring (bicyclic) bond motifs is 1. The number of nitrogens with zero attached hydrogens (tertiary/aromatic N) is 2. The van der Waals surface area contributed by atoms with Gasteiger partial charge in [-0.2, -0.15) is 0 Å². The lowest BCUT2D eigenvalue weighted by molar-refractivity contribution is -0.384. The van der Waals surface area contributed by atoms with E-state index >= 15 is 0 Å². The predicted molar refractivity (Wildman–Crippen MR) is 81.0 cm³/mol. The van der Waals surface area contributed by atoms with Crippen LogP contribution in [0.5, 0.6) is 5.75 Å². The zero-order valence-electron chi connectivity index (χ0n) is 12.1. The summed E-state index contributed by atoms with van der Waals surface area (Å²) in [4.78, 5) is 24.1. The number of benzene rings is 2. The summed E-state index contributed by atoms with van der Waals surface area (Å²) in [7, 11) is 0. The molecule has 0 fully saturated rings. The van der Waals surface area contributed by atoms with E-state index in [-0.39, 0.29) is 24.0 Å². The Morgan fingerprint density at radius 3 is 2.83 bits per heavy atom. The molecule has 0 bridgehead atoms. The fourth-order valence-electron chi connectivity index (χ4n) is 2.54. The number of nitro benzene ring substituents is 1. The fraction of sp³-hybridized carbons (Fsp3) is 0.188. The van der Waals surface area contributed by atoms with Crippen molar-refractivity contribution in [3.8, 4) is 5.75 Å². The molecule has 118 valence electrons. The molecule has 1 aliphatic rings. The minimum Gasteiger partial charge on any atom is -0.481 e. The third kappa shape index (κ3) is 2.98. The van der Waals surface area contributed by atoms with Gasteiger partial charge in [0.25, 0.3) is 11.6 Å². The van der Waals surface area contributed by atoms with Crippen LogP contribution in [0.25, 0.3) is 0 Å². The number of para-hydroxylation sites is 1. The molecule has 2 aromatic carbocycles. The molecule has 23 heavy (non-hydrogen) atoms. The monoisotopic (exact) mass is 316 g/mol. The quantitative estimate of drug-likeness (QED) is 0.642. The molecular formula is C16H13FN2O4. The molecule has 0 saturated heterocycles. The molecule has 0 saturated carbocycles. The molecule has 0 radical (unpaired) electrons. The standard InChI is InChI=1S/C16H13FN2O4/c17-13-3-1-2-4-15(13)23-10-16(20)18-8-7-11-9-12(19(21)22)5-6-14(11)18/h1-6,9H,7-8,10H2. The molecule has 1 aliphatic heterocycles. The summed E-state index contributed by atoms with van der Waals surface area (Å²) in [5.74, 6) is -0.831. The maximum absolute atomic E-state index is 13.5. The van der Waals surface area contributed by atoms with Gasteiger partial charge in [-0.05, 0) is 30.2 Å². The lowest BCUT2D eigenvalue weighted by atomic mass is 10.1. The van der Waals surface area contributed by atoms with Crippen LogP contribution in [0.2, 0.25) is 0 Å². The van der Waals surface area contributed by atoms with Crippen molar-refractivity contribution in [2.24, 2.45) is 0 Å². The van der Waals surface area contributed by atoms with E-state index in [4.69, 9.17) is 4.74 Å². The largest absolute Gasteiger partial charge is 0.481 e. The summed E-state index contributed by atoms with van der Waals surface area (Å²) in [6.07, 6.45) is 0.544. The summed E-state index contributed by atoms with van der Waals surface area (Å²) in [6, 6.07) is 10.2. The number of carbonyl (C=O) groups excluding carboxylic acids is 1. The molecule has 0 unspecified atom stereocenters. The van der Waals surface area contributed by atoms with Gasteiger partial charge in [0.05, 0.1) is 4.92 Å². The molecule has 0 spiro atoms. The number of hydrogen-bond donors (Lipinski definition) is 0. The minimum absolute atomic E-state index is 0.000607. The van der Waals surface area contributed by atoms with E-state index in [1.165, 1.54) is 35.2 Å². The Kier molecular flexibility index (Phi) is 3.92. The van der Waals surface area contributed by atoms with Crippen LogP contribution in [0.4, 0.5) is 15.8 Å². The van der Waals surface area contributed by atoms with E-state index in [0.717, 1.165) is 5.56 Å². The number of non-ortho nitro benzene ring substituents is 1. The number of nitro groups is 1. The number of hydrogen-bond acceptors (Lipinski definition) is 4. The first kappa shape index (κ1) is 15.0. The van der Waals surface area contributed by atoms with Crippen molar-refractivity contribution in [2.75, 3.05) is 18.1 Å². The van der Waals surface area contributed by atoms with Gasteiger partial charge in [-0.3, -0.25) is 14.9 Å². The van der Waals surface area contributed by atoms with Gasteiger partial charge < -0.3 is 9.64 Å². The third-order valence-electron chi connectivity index (χ3n) is 3.66. The van der Waals surface area contributed by atoms with E-state index in [0.29, 0.717) is 18.7 Å². The number of rotatable bonds is 4. The van der Waals surface area contributed by atoms with Gasteiger partial charge in [0.1, 0.15) is 0 Å². The second-order valence-electron chi connectivity index (χ2n) is 5.08. The lowest BCUT2D eigenvalue weighted by Crippen LogP contribution is -2.33. The number of carbonyl (C=O) groups is 1. The average molecular weight is 316 g/mol. The van der Waals surface area contributed by atoms with Gasteiger partial charge in [0, 0.05) is 24.4 Å². The van der Waals surface area contributed by atoms with E-state index in [1.54, 1.807) is 12.1 Å². The molecule has 6 nitrogen and oxygen atoms in total. The molecule has 1 heterocycles. The molecule has 3 rings (SSSR count). The van der Waals surface area contributed by atoms with Crippen LogP contribution in [0.3, 0.4) is 0 Å². The van der Waals surface area contributed by atoms with Crippen LogP contribution in [-0.2, 0) is 11.2 Å². The fourth-order valence-corrected chi connectivity index (χ4v) is 2.54. The molecule has 0 aromatic heterocycles. The highest BCUT2D eigenvalue weighted by Gasteiger charge is 2.26. The number of anilines is 1. The Morgan fingerprint density at radius 1 is 1.30 bits per heavy atom. The Hall–Kier alpha value is -2.96. The maximum Gasteiger partial charge on any atom is 0.269 e. The van der Waals surface area contributed by atoms with Crippen LogP contribution in [0.1, 0.15) is 5.56 Å². The lowest BCUT2D eigenvalue weighted by Gasteiger charge is -2.17. The van der Waals surface area contributed by atoms with Gasteiger partial charge in [-0.25, -0.2) is 4.39 Å². The predicted octanol–water partition coefficient (Wildman–Crippen LogP) is 2.70. The summed E-state index contributed by atoms with van der Waals surface area (Å²) >= 11 is 0. The number of halogens is 1. The first-order valence-corrected chi connectivity index (χ1v) is 7.01. The van der Waals surface area contributed by atoms with Crippen molar-refractivity contribution in [3.05, 3.63) is 64.0 Å². The highest BCUT2D eigenvalue weighted by Crippen LogP contribution is 2.31. The van der Waals surface area contributed by atoms with Crippen molar-refractivity contribution in [2.45, 2.75) is 6.42 Å². The first-order valence-electron chi connectivity index (χ1n) is 7.01. The minimum atomic E-state index is -0.530. The van der Waals surface area contributed by atoms with E-state index in [9.17, 15) is 19.3 Å². The zero-order valence-corrected chi connectivity index (χ0v) is 12.1. The summed E-state index contributed by atoms with van der Waals surface area (Å²) in [5.41, 5.74) is 1.39. The summed E-state index contributed by atoms with van der Waals surface area (Å²) in [6.45, 7) is 0.132. The average Bonchev–Trinajstić information content (AvgIpc) is 2.97. The Morgan fingerprint density at radius 2 is 2.09 bits per heavy atom. The molecule has 7 heteroatoms. The van der Waals surface area contributed by atoms with Gasteiger partial charge in [0.2, 0.25) is 0 Å². The Bertz CT molecular complexity index is 778. The van der Waals surface area contributed by atoms with Crippen molar-refractivity contribution < 1.29 is 18.8 Å². The highest BCUT2D eigenvalue weighted by atomic mass is 19.1. The summed E-state index contributed by atoms with van der Waals surface area (Å²) < 4.78 is 18.7. The molecule has 2 aromatic rings. The summed E-state index contributed by atoms with van der Waals surface area (Å²) in [5, 5.41) is 10.8. The van der Waals surface area contributed by atoms with Crippen LogP contribution in [0.15, 0.2) is 42.5 Å². The SMILES string of the molecule is O=C(COc1ccccc1F)N1CCc2cc([N+](=O)[O-])ccc21. The van der Waals surface area contributed by atoms with Crippen molar-refractivity contribution in [3.63, 3.8) is 0 Å². The zero-order chi connectivity index (χ0) is 16.4. The second kappa shape index (κ2) is 6.04. The molecular weight excluding hydrogens is 303 g/mol. The van der Waals surface area contributed by atoms with Gasteiger partial charge >= 0.3 is 0 Å². The normalized spacial score (nSPS) is 12.8. The molecule has 1 amide bonds. The van der Waals surface area contributed by atoms with Crippen LogP contribution in [0, 0.1) is 15.9 Å². The number of ether oxygens (including phenoxy) is 1. The Balaban J connectivity index is 1.71. The second-order valence-corrected chi connectivity index (χ2v) is 5.08. The van der Waals surface area contributed by atoms with Crippen molar-refractivity contribution >= 4 is 17.3 Å². The third-order valence-corrected chi connectivity index (χ3v) is 3.66. The van der Waals surface area contributed by atoms with E-state index < -0.39 is 10.7 Å². The van der Waals surface area contributed by atoms with Crippen LogP contribution < -0.4 is 9.64 Å². The van der Waals surface area contributed by atoms with Crippen LogP contribution in [-0.4, -0.2) is 24.0 Å². The topological polar surface area (TPSA) is 72.7 Å². The van der Waals surface area contributed by atoms with Gasteiger partial charge in [0.15, 0.2) is 18.2 Å². The number of amides is 1. The van der Waals surface area contributed by atoms with E-state index in [1.807, 2.05) is 0 Å². The molecule has 0 N–H and O–H groups in total. The highest BCUT2D eigenvalue weighted by molar-refractivity contribution is 5.96. The first-order chi connectivity index (χ1) is 11.1. The van der Waals surface area contributed by atoms with E-state index in [2.05, 4.69) is 0 Å². The van der Waals surface area contributed by atoms with Gasteiger partial charge in [-0.15, -0.1) is 0 Å². The molecule has 0 atom stereocenters. The van der Waals surface area contributed by atoms with Crippen molar-refractivity contribution in [1.29, 1.82) is 0 Å². The van der Waals surface area contributed by atoms with Gasteiger partial charge in [-0.1, -0.05) is 12.1 Å². The molecule has 0 aliphatic carbocycles. The van der Waals surface area contributed by atoms with Crippen LogP contribution >= 0.6 is 0 Å². The van der Waals surface area contributed by atoms with Crippen molar-refractivity contribution in [1.82, 2.24) is 0 Å². The maximum atomic E-state index is 13.5. The smallest absolute Gasteiger partial charge is 0.269 e.